The van der Waals surface area contributed by atoms with E-state index >= 15 is 0 Å². The predicted octanol–water partition coefficient (Wildman–Crippen LogP) is 2.00. The zero-order chi connectivity index (χ0) is 15.8. The van der Waals surface area contributed by atoms with Gasteiger partial charge in [0.15, 0.2) is 5.78 Å². The number of Topliss-reactive ketones (excluding diaryl/α,β-unsaturated/α-hetero) is 1. The second kappa shape index (κ2) is 8.92. The van der Waals surface area contributed by atoms with Crippen LogP contribution in [0.25, 0.3) is 0 Å². The number of ether oxygens (including phenoxy) is 1. The summed E-state index contributed by atoms with van der Waals surface area (Å²) in [6, 6.07) is 6.37. The lowest BCUT2D eigenvalue weighted by molar-refractivity contribution is -0.140. The molecule has 2 unspecified atom stereocenters. The largest absolute Gasteiger partial charge is 0.469 e. The molecule has 0 aliphatic heterocycles. The molecule has 5 nitrogen and oxygen atoms in total. The maximum Gasteiger partial charge on any atom is 0.305 e. The van der Waals surface area contributed by atoms with Crippen LogP contribution < -0.4 is 0 Å². The van der Waals surface area contributed by atoms with Crippen molar-refractivity contribution in [2.24, 2.45) is 0 Å². The standard InChI is InChI=1S/C15H19BrO5/c1-21-14(19)7-6-12(17)10-2-4-11(5-3-10)15(20)13(18)8-9-16/h2-5,13,15,18,20H,6-9H2,1H3. The average Bonchev–Trinajstić information content (AvgIpc) is 2.51. The Kier molecular flexibility index (Phi) is 7.56. The van der Waals surface area contributed by atoms with Gasteiger partial charge in [-0.3, -0.25) is 9.59 Å². The molecular formula is C15H19BrO5. The Morgan fingerprint density at radius 1 is 1.19 bits per heavy atom. The number of methoxy groups -OCH3 is 1. The molecule has 6 heteroatoms. The van der Waals surface area contributed by atoms with E-state index in [9.17, 15) is 19.8 Å². The summed E-state index contributed by atoms with van der Waals surface area (Å²) >= 11 is 3.20. The van der Waals surface area contributed by atoms with Crippen molar-refractivity contribution in [3.8, 4) is 0 Å². The molecule has 0 radical (unpaired) electrons. The molecule has 0 bridgehead atoms. The van der Waals surface area contributed by atoms with E-state index in [4.69, 9.17) is 0 Å². The quantitative estimate of drug-likeness (QED) is 0.421. The minimum absolute atomic E-state index is 0.0453. The minimum Gasteiger partial charge on any atom is -0.469 e. The SMILES string of the molecule is COC(=O)CCC(=O)c1ccc(C(O)C(O)CCBr)cc1. The van der Waals surface area contributed by atoms with Gasteiger partial charge in [0, 0.05) is 17.3 Å². The highest BCUT2D eigenvalue weighted by molar-refractivity contribution is 9.09. The third-order valence-electron chi connectivity index (χ3n) is 3.13. The lowest BCUT2D eigenvalue weighted by Crippen LogP contribution is -2.18. The molecule has 1 rings (SSSR count). The van der Waals surface area contributed by atoms with Crippen LogP contribution in [0.2, 0.25) is 0 Å². The maximum absolute atomic E-state index is 11.9. The number of aliphatic hydroxyl groups is 2. The Bertz CT molecular complexity index is 471. The van der Waals surface area contributed by atoms with Gasteiger partial charge in [0.25, 0.3) is 0 Å². The van der Waals surface area contributed by atoms with E-state index in [-0.39, 0.29) is 18.6 Å². The van der Waals surface area contributed by atoms with Gasteiger partial charge in [-0.1, -0.05) is 40.2 Å². The van der Waals surface area contributed by atoms with E-state index in [1.807, 2.05) is 0 Å². The number of alkyl halides is 1. The first kappa shape index (κ1) is 17.8. The molecule has 2 N–H and O–H groups in total. The van der Waals surface area contributed by atoms with Crippen molar-refractivity contribution in [1.82, 2.24) is 0 Å². The summed E-state index contributed by atoms with van der Waals surface area (Å²) in [6.07, 6.45) is -1.28. The van der Waals surface area contributed by atoms with Crippen LogP contribution in [0.5, 0.6) is 0 Å². The van der Waals surface area contributed by atoms with Crippen LogP contribution >= 0.6 is 15.9 Å². The molecule has 0 saturated carbocycles. The van der Waals surface area contributed by atoms with Gasteiger partial charge >= 0.3 is 5.97 Å². The van der Waals surface area contributed by atoms with Crippen molar-refractivity contribution in [1.29, 1.82) is 0 Å². The van der Waals surface area contributed by atoms with E-state index in [0.717, 1.165) is 0 Å². The second-order valence-electron chi connectivity index (χ2n) is 4.61. The van der Waals surface area contributed by atoms with E-state index in [2.05, 4.69) is 20.7 Å². The van der Waals surface area contributed by atoms with Crippen LogP contribution in [0, 0.1) is 0 Å². The van der Waals surface area contributed by atoms with Gasteiger partial charge in [0.2, 0.25) is 0 Å². The van der Waals surface area contributed by atoms with E-state index < -0.39 is 18.2 Å². The van der Waals surface area contributed by atoms with E-state index in [1.54, 1.807) is 24.3 Å². The highest BCUT2D eigenvalue weighted by atomic mass is 79.9. The number of halogens is 1. The Hall–Kier alpha value is -1.24. The number of carbonyl (C=O) groups excluding carboxylic acids is 2. The molecule has 1 aromatic rings. The summed E-state index contributed by atoms with van der Waals surface area (Å²) in [5.74, 6) is -0.587. The zero-order valence-electron chi connectivity index (χ0n) is 11.8. The number of rotatable bonds is 8. The van der Waals surface area contributed by atoms with Gasteiger partial charge < -0.3 is 14.9 Å². The van der Waals surface area contributed by atoms with Crippen molar-refractivity contribution >= 4 is 27.7 Å². The number of esters is 1. The molecule has 0 heterocycles. The summed E-state index contributed by atoms with van der Waals surface area (Å²) in [5, 5.41) is 20.3. The highest BCUT2D eigenvalue weighted by Crippen LogP contribution is 2.20. The zero-order valence-corrected chi connectivity index (χ0v) is 13.4. The molecule has 0 amide bonds. The number of carbonyl (C=O) groups is 2. The molecule has 116 valence electrons. The normalized spacial score (nSPS) is 13.5. The van der Waals surface area contributed by atoms with Gasteiger partial charge in [-0.15, -0.1) is 0 Å². The highest BCUT2D eigenvalue weighted by Gasteiger charge is 2.18. The average molecular weight is 359 g/mol. The third kappa shape index (κ3) is 5.57. The van der Waals surface area contributed by atoms with Crippen molar-refractivity contribution in [3.05, 3.63) is 35.4 Å². The molecule has 0 aromatic heterocycles. The molecule has 0 aliphatic rings. The summed E-state index contributed by atoms with van der Waals surface area (Å²) in [7, 11) is 1.28. The fourth-order valence-electron chi connectivity index (χ4n) is 1.82. The first-order valence-electron chi connectivity index (χ1n) is 6.61. The Morgan fingerprint density at radius 2 is 1.81 bits per heavy atom. The third-order valence-corrected chi connectivity index (χ3v) is 3.59. The van der Waals surface area contributed by atoms with Crippen molar-refractivity contribution in [2.75, 3.05) is 12.4 Å². The fourth-order valence-corrected chi connectivity index (χ4v) is 2.29. The lowest BCUT2D eigenvalue weighted by atomic mass is 9.99. The Balaban J connectivity index is 2.65. The van der Waals surface area contributed by atoms with Gasteiger partial charge in [-0.25, -0.2) is 0 Å². The fraction of sp³-hybridized carbons (Fsp3) is 0.467. The van der Waals surface area contributed by atoms with Crippen LogP contribution in [0.15, 0.2) is 24.3 Å². The molecule has 0 aliphatic carbocycles. The summed E-state index contributed by atoms with van der Waals surface area (Å²) in [6.45, 7) is 0. The monoisotopic (exact) mass is 358 g/mol. The van der Waals surface area contributed by atoms with Crippen molar-refractivity contribution in [2.45, 2.75) is 31.5 Å². The van der Waals surface area contributed by atoms with Crippen LogP contribution in [-0.4, -0.2) is 40.5 Å². The van der Waals surface area contributed by atoms with E-state index in [0.29, 0.717) is 22.9 Å². The van der Waals surface area contributed by atoms with E-state index in [1.165, 1.54) is 7.11 Å². The summed E-state index contributed by atoms with van der Waals surface area (Å²) < 4.78 is 4.48. The van der Waals surface area contributed by atoms with Crippen molar-refractivity contribution < 1.29 is 24.5 Å². The molecular weight excluding hydrogens is 340 g/mol. The number of hydrogen-bond acceptors (Lipinski definition) is 5. The van der Waals surface area contributed by atoms with Crippen LogP contribution in [-0.2, 0) is 9.53 Å². The molecule has 21 heavy (non-hydrogen) atoms. The Morgan fingerprint density at radius 3 is 2.33 bits per heavy atom. The maximum atomic E-state index is 11.9. The molecule has 2 atom stereocenters. The van der Waals surface area contributed by atoms with Gasteiger partial charge in [-0.05, 0) is 12.0 Å². The summed E-state index contributed by atoms with van der Waals surface area (Å²) in [5.41, 5.74) is 1.01. The minimum atomic E-state index is -0.984. The van der Waals surface area contributed by atoms with Gasteiger partial charge in [0.05, 0.1) is 19.6 Å². The number of aliphatic hydroxyl groups excluding tert-OH is 2. The molecule has 0 saturated heterocycles. The van der Waals surface area contributed by atoms with Crippen LogP contribution in [0.1, 0.15) is 41.3 Å². The first-order chi connectivity index (χ1) is 9.99. The van der Waals surface area contributed by atoms with Gasteiger partial charge in [0.1, 0.15) is 6.10 Å². The van der Waals surface area contributed by atoms with Gasteiger partial charge in [-0.2, -0.15) is 0 Å². The summed E-state index contributed by atoms with van der Waals surface area (Å²) in [4.78, 5) is 22.8. The number of hydrogen-bond donors (Lipinski definition) is 2. The lowest BCUT2D eigenvalue weighted by Gasteiger charge is -2.17. The molecule has 0 spiro atoms. The number of benzene rings is 1. The van der Waals surface area contributed by atoms with Crippen LogP contribution in [0.3, 0.4) is 0 Å². The molecule has 1 aromatic carbocycles. The second-order valence-corrected chi connectivity index (χ2v) is 5.40. The topological polar surface area (TPSA) is 83.8 Å². The predicted molar refractivity (Wildman–Crippen MR) is 81.4 cm³/mol. The van der Waals surface area contributed by atoms with Crippen LogP contribution in [0.4, 0.5) is 0 Å². The molecule has 0 fully saturated rings. The van der Waals surface area contributed by atoms with Crippen molar-refractivity contribution in [3.63, 3.8) is 0 Å². The Labute approximate surface area is 132 Å². The smallest absolute Gasteiger partial charge is 0.305 e. The number of ketones is 1. The first-order valence-corrected chi connectivity index (χ1v) is 7.73.